The molecule has 0 amide bonds. The third kappa shape index (κ3) is 1.94. The van der Waals surface area contributed by atoms with Crippen molar-refractivity contribution >= 4 is 0 Å². The van der Waals surface area contributed by atoms with Gasteiger partial charge in [0.05, 0.1) is 0 Å². The van der Waals surface area contributed by atoms with Crippen LogP contribution in [0.3, 0.4) is 0 Å². The highest BCUT2D eigenvalue weighted by atomic mass is 16.3. The van der Waals surface area contributed by atoms with Crippen LogP contribution >= 0.6 is 0 Å². The van der Waals surface area contributed by atoms with Crippen LogP contribution in [-0.2, 0) is 0 Å². The average molecular weight is 209 g/mol. The minimum atomic E-state index is 0.407. The average Bonchev–Trinajstić information content (AvgIpc) is 3.08. The zero-order valence-electron chi connectivity index (χ0n) is 9.57. The van der Waals surface area contributed by atoms with Crippen LogP contribution in [0, 0.1) is 17.8 Å². The van der Waals surface area contributed by atoms with Crippen LogP contribution < -0.4 is 0 Å². The molecule has 0 radical (unpaired) electrons. The summed E-state index contributed by atoms with van der Waals surface area (Å²) < 4.78 is 0. The molecule has 1 saturated heterocycles. The number of piperidine rings is 1. The van der Waals surface area contributed by atoms with E-state index >= 15 is 0 Å². The number of fused-ring (bicyclic) bond motifs is 1. The van der Waals surface area contributed by atoms with Gasteiger partial charge in [0, 0.05) is 12.6 Å². The Hall–Kier alpha value is -0.0800. The number of nitrogens with zero attached hydrogens (tertiary/aromatic N) is 1. The number of likely N-dealkylation sites (tertiary alicyclic amines) is 1. The number of rotatable bonds is 2. The Balaban J connectivity index is 1.55. The Morgan fingerprint density at radius 2 is 1.87 bits per heavy atom. The molecule has 3 unspecified atom stereocenters. The van der Waals surface area contributed by atoms with Gasteiger partial charge in [-0.1, -0.05) is 12.8 Å². The molecule has 2 heteroatoms. The van der Waals surface area contributed by atoms with Crippen LogP contribution in [-0.4, -0.2) is 35.7 Å². The molecule has 2 nitrogen and oxygen atoms in total. The quantitative estimate of drug-likeness (QED) is 0.750. The van der Waals surface area contributed by atoms with Gasteiger partial charge in [-0.25, -0.2) is 0 Å². The number of hydrogen-bond acceptors (Lipinski definition) is 2. The van der Waals surface area contributed by atoms with Crippen molar-refractivity contribution in [2.75, 3.05) is 19.7 Å². The fourth-order valence-corrected chi connectivity index (χ4v) is 3.80. The highest BCUT2D eigenvalue weighted by molar-refractivity contribution is 4.99. The van der Waals surface area contributed by atoms with E-state index < -0.39 is 0 Å². The number of hydrogen-bond donors (Lipinski definition) is 1. The maximum Gasteiger partial charge on any atom is 0.0460 e. The lowest BCUT2D eigenvalue weighted by atomic mass is 9.90. The molecule has 0 aromatic carbocycles. The lowest BCUT2D eigenvalue weighted by molar-refractivity contribution is 0.0774. The van der Waals surface area contributed by atoms with Gasteiger partial charge in [0.15, 0.2) is 0 Å². The summed E-state index contributed by atoms with van der Waals surface area (Å²) >= 11 is 0. The molecule has 2 saturated carbocycles. The third-order valence-corrected chi connectivity index (χ3v) is 4.92. The van der Waals surface area contributed by atoms with Gasteiger partial charge in [0.1, 0.15) is 0 Å². The molecule has 1 N–H and O–H groups in total. The Bertz CT molecular complexity index is 223. The van der Waals surface area contributed by atoms with Gasteiger partial charge in [-0.3, -0.25) is 0 Å². The summed E-state index contributed by atoms with van der Waals surface area (Å²) in [5.74, 6) is 2.75. The molecule has 1 aliphatic heterocycles. The first-order chi connectivity index (χ1) is 7.38. The van der Waals surface area contributed by atoms with E-state index in [0.717, 1.165) is 17.9 Å². The molecule has 3 aliphatic rings. The largest absolute Gasteiger partial charge is 0.396 e. The Morgan fingerprint density at radius 3 is 2.60 bits per heavy atom. The van der Waals surface area contributed by atoms with Gasteiger partial charge in [-0.15, -0.1) is 0 Å². The van der Waals surface area contributed by atoms with E-state index in [1.165, 1.54) is 51.6 Å². The lowest BCUT2D eigenvalue weighted by Crippen LogP contribution is -2.44. The molecule has 86 valence electrons. The molecule has 15 heavy (non-hydrogen) atoms. The molecule has 0 spiro atoms. The molecular formula is C13H23NO. The summed E-state index contributed by atoms with van der Waals surface area (Å²) in [7, 11) is 0. The van der Waals surface area contributed by atoms with E-state index in [0.29, 0.717) is 12.5 Å². The van der Waals surface area contributed by atoms with Crippen molar-refractivity contribution in [3.8, 4) is 0 Å². The monoisotopic (exact) mass is 209 g/mol. The molecule has 2 aliphatic carbocycles. The number of aliphatic hydroxyl groups is 1. The van der Waals surface area contributed by atoms with E-state index in [2.05, 4.69) is 4.90 Å². The highest BCUT2D eigenvalue weighted by Gasteiger charge is 2.47. The van der Waals surface area contributed by atoms with Crippen LogP contribution in [0.15, 0.2) is 0 Å². The van der Waals surface area contributed by atoms with E-state index in [-0.39, 0.29) is 0 Å². The van der Waals surface area contributed by atoms with E-state index in [1.54, 1.807) is 0 Å². The second-order valence-electron chi connectivity index (χ2n) is 5.82. The minimum Gasteiger partial charge on any atom is -0.396 e. The van der Waals surface area contributed by atoms with Gasteiger partial charge >= 0.3 is 0 Å². The zero-order valence-corrected chi connectivity index (χ0v) is 9.57. The summed E-state index contributed by atoms with van der Waals surface area (Å²) in [6.07, 6.45) is 8.39. The first kappa shape index (κ1) is 10.1. The van der Waals surface area contributed by atoms with Gasteiger partial charge in [0.2, 0.25) is 0 Å². The zero-order chi connectivity index (χ0) is 10.3. The SMILES string of the molecule is OCC1CCN(C2CCCC3CC32)CC1. The van der Waals surface area contributed by atoms with Gasteiger partial charge in [-0.05, 0) is 56.5 Å². The van der Waals surface area contributed by atoms with Crippen LogP contribution in [0.1, 0.15) is 38.5 Å². The lowest BCUT2D eigenvalue weighted by Gasteiger charge is -2.39. The minimum absolute atomic E-state index is 0.407. The summed E-state index contributed by atoms with van der Waals surface area (Å²) in [6, 6.07) is 0.920. The topological polar surface area (TPSA) is 23.5 Å². The van der Waals surface area contributed by atoms with Crippen LogP contribution in [0.4, 0.5) is 0 Å². The molecule has 3 rings (SSSR count). The molecule has 3 fully saturated rings. The van der Waals surface area contributed by atoms with Crippen molar-refractivity contribution in [3.05, 3.63) is 0 Å². The van der Waals surface area contributed by atoms with Gasteiger partial charge in [0.25, 0.3) is 0 Å². The summed E-state index contributed by atoms with van der Waals surface area (Å²) in [5.41, 5.74) is 0. The van der Waals surface area contributed by atoms with Crippen molar-refractivity contribution in [1.82, 2.24) is 4.90 Å². The van der Waals surface area contributed by atoms with Crippen molar-refractivity contribution in [1.29, 1.82) is 0 Å². The van der Waals surface area contributed by atoms with E-state index in [4.69, 9.17) is 5.11 Å². The molecule has 0 bridgehead atoms. The third-order valence-electron chi connectivity index (χ3n) is 4.92. The first-order valence-electron chi connectivity index (χ1n) is 6.73. The predicted molar refractivity (Wildman–Crippen MR) is 60.6 cm³/mol. The Morgan fingerprint density at radius 1 is 1.07 bits per heavy atom. The second-order valence-corrected chi connectivity index (χ2v) is 5.82. The second kappa shape index (κ2) is 4.06. The van der Waals surface area contributed by atoms with Crippen molar-refractivity contribution in [2.24, 2.45) is 17.8 Å². The van der Waals surface area contributed by atoms with E-state index in [9.17, 15) is 0 Å². The fourth-order valence-electron chi connectivity index (χ4n) is 3.80. The molecule has 3 atom stereocenters. The first-order valence-corrected chi connectivity index (χ1v) is 6.73. The molecule has 0 aromatic rings. The summed E-state index contributed by atoms with van der Waals surface area (Å²) in [6.45, 7) is 2.91. The predicted octanol–water partition coefficient (Wildman–Crippen LogP) is 1.88. The fraction of sp³-hybridized carbons (Fsp3) is 1.00. The van der Waals surface area contributed by atoms with Crippen LogP contribution in [0.2, 0.25) is 0 Å². The maximum atomic E-state index is 9.13. The molecule has 0 aromatic heterocycles. The Kier molecular flexibility index (Phi) is 2.73. The molecular weight excluding hydrogens is 186 g/mol. The van der Waals surface area contributed by atoms with E-state index in [1.807, 2.05) is 0 Å². The maximum absolute atomic E-state index is 9.13. The van der Waals surface area contributed by atoms with Crippen LogP contribution in [0.5, 0.6) is 0 Å². The Labute approximate surface area is 92.7 Å². The van der Waals surface area contributed by atoms with Gasteiger partial charge in [-0.2, -0.15) is 0 Å². The highest BCUT2D eigenvalue weighted by Crippen LogP contribution is 2.51. The number of aliphatic hydroxyl groups excluding tert-OH is 1. The smallest absolute Gasteiger partial charge is 0.0460 e. The van der Waals surface area contributed by atoms with Crippen LogP contribution in [0.25, 0.3) is 0 Å². The molecule has 1 heterocycles. The summed E-state index contributed by atoms with van der Waals surface area (Å²) in [4.78, 5) is 2.73. The summed E-state index contributed by atoms with van der Waals surface area (Å²) in [5, 5.41) is 9.13. The standard InChI is InChI=1S/C13H23NO/c15-9-10-4-6-14(7-5-10)13-3-1-2-11-8-12(11)13/h10-13,15H,1-9H2. The van der Waals surface area contributed by atoms with Gasteiger partial charge < -0.3 is 10.0 Å². The van der Waals surface area contributed by atoms with Crippen molar-refractivity contribution < 1.29 is 5.11 Å². The van der Waals surface area contributed by atoms with Crippen molar-refractivity contribution in [2.45, 2.75) is 44.6 Å². The van der Waals surface area contributed by atoms with Crippen molar-refractivity contribution in [3.63, 3.8) is 0 Å². The normalized spacial score (nSPS) is 42.6.